The van der Waals surface area contributed by atoms with Crippen LogP contribution in [-0.2, 0) is 0 Å². The van der Waals surface area contributed by atoms with Crippen LogP contribution in [-0.4, -0.2) is 10.3 Å². The van der Waals surface area contributed by atoms with E-state index in [9.17, 15) is 5.11 Å². The fourth-order valence-corrected chi connectivity index (χ4v) is 1.17. The number of nitrogens with zero attached hydrogens (tertiary/aromatic N) is 1. The van der Waals surface area contributed by atoms with Gasteiger partial charge in [-0.05, 0) is 12.1 Å². The van der Waals surface area contributed by atoms with Crippen LogP contribution in [0.4, 0.5) is 0 Å². The SMILES string of the molecule is Oc1conc1-c1ccc(Cl)cc1. The van der Waals surface area contributed by atoms with Crippen molar-refractivity contribution in [2.45, 2.75) is 0 Å². The van der Waals surface area contributed by atoms with Gasteiger partial charge in [-0.1, -0.05) is 28.9 Å². The molecule has 0 fully saturated rings. The second kappa shape index (κ2) is 3.11. The van der Waals surface area contributed by atoms with Crippen molar-refractivity contribution >= 4 is 11.6 Å². The van der Waals surface area contributed by atoms with Crippen LogP contribution in [0.15, 0.2) is 35.1 Å². The first-order valence-electron chi connectivity index (χ1n) is 3.66. The van der Waals surface area contributed by atoms with Gasteiger partial charge in [0.05, 0.1) is 0 Å². The van der Waals surface area contributed by atoms with Gasteiger partial charge in [-0.3, -0.25) is 0 Å². The van der Waals surface area contributed by atoms with Crippen LogP contribution < -0.4 is 0 Å². The molecule has 0 amide bonds. The van der Waals surface area contributed by atoms with Crippen molar-refractivity contribution < 1.29 is 9.63 Å². The Labute approximate surface area is 79.6 Å². The van der Waals surface area contributed by atoms with E-state index in [1.165, 1.54) is 6.26 Å². The molecule has 13 heavy (non-hydrogen) atoms. The Hall–Kier alpha value is -1.48. The Kier molecular flexibility index (Phi) is 1.94. The van der Waals surface area contributed by atoms with Crippen LogP contribution in [0.5, 0.6) is 5.75 Å². The van der Waals surface area contributed by atoms with Crippen LogP contribution in [0.1, 0.15) is 0 Å². The predicted octanol–water partition coefficient (Wildman–Crippen LogP) is 2.70. The Bertz CT molecular complexity index is 408. The summed E-state index contributed by atoms with van der Waals surface area (Å²) < 4.78 is 4.60. The number of benzene rings is 1. The summed E-state index contributed by atoms with van der Waals surface area (Å²) >= 11 is 5.71. The van der Waals surface area contributed by atoms with Crippen LogP contribution in [0.2, 0.25) is 5.02 Å². The van der Waals surface area contributed by atoms with Gasteiger partial charge in [0.1, 0.15) is 0 Å². The zero-order valence-electron chi connectivity index (χ0n) is 6.57. The molecule has 4 heteroatoms. The number of rotatable bonds is 1. The Morgan fingerprint density at radius 1 is 1.23 bits per heavy atom. The molecule has 1 aromatic heterocycles. The molecule has 1 aromatic carbocycles. The molecule has 0 aliphatic carbocycles. The molecule has 0 aliphatic heterocycles. The van der Waals surface area contributed by atoms with Crippen LogP contribution in [0.3, 0.4) is 0 Å². The summed E-state index contributed by atoms with van der Waals surface area (Å²) in [6, 6.07) is 6.98. The molecule has 66 valence electrons. The third-order valence-electron chi connectivity index (χ3n) is 1.67. The predicted molar refractivity (Wildman–Crippen MR) is 48.6 cm³/mol. The lowest BCUT2D eigenvalue weighted by atomic mass is 10.1. The fraction of sp³-hybridized carbons (Fsp3) is 0. The highest BCUT2D eigenvalue weighted by Gasteiger charge is 2.07. The summed E-state index contributed by atoms with van der Waals surface area (Å²) in [5.74, 6) is 0.0299. The van der Waals surface area contributed by atoms with Crippen molar-refractivity contribution in [2.75, 3.05) is 0 Å². The Morgan fingerprint density at radius 3 is 2.46 bits per heavy atom. The van der Waals surface area contributed by atoms with Gasteiger partial charge in [0.25, 0.3) is 0 Å². The first kappa shape index (κ1) is 8.13. The van der Waals surface area contributed by atoms with Gasteiger partial charge in [0, 0.05) is 10.6 Å². The van der Waals surface area contributed by atoms with E-state index in [1.807, 2.05) is 0 Å². The molecule has 1 N–H and O–H groups in total. The van der Waals surface area contributed by atoms with Gasteiger partial charge < -0.3 is 9.63 Å². The van der Waals surface area contributed by atoms with Crippen molar-refractivity contribution in [3.63, 3.8) is 0 Å². The zero-order chi connectivity index (χ0) is 9.26. The van der Waals surface area contributed by atoms with Gasteiger partial charge >= 0.3 is 0 Å². The average molecular weight is 196 g/mol. The highest BCUT2D eigenvalue weighted by atomic mass is 35.5. The smallest absolute Gasteiger partial charge is 0.183 e. The Balaban J connectivity index is 2.47. The van der Waals surface area contributed by atoms with Crippen molar-refractivity contribution in [2.24, 2.45) is 0 Å². The summed E-state index contributed by atoms with van der Waals surface area (Å²) in [6.07, 6.45) is 1.18. The quantitative estimate of drug-likeness (QED) is 0.761. The summed E-state index contributed by atoms with van der Waals surface area (Å²) in [6.45, 7) is 0. The summed E-state index contributed by atoms with van der Waals surface area (Å²) in [5.41, 5.74) is 1.20. The van der Waals surface area contributed by atoms with Crippen LogP contribution in [0, 0.1) is 0 Å². The first-order chi connectivity index (χ1) is 6.27. The van der Waals surface area contributed by atoms with Crippen LogP contribution >= 0.6 is 11.6 Å². The minimum absolute atomic E-state index is 0.0299. The van der Waals surface area contributed by atoms with E-state index in [2.05, 4.69) is 9.68 Å². The maximum absolute atomic E-state index is 9.28. The molecule has 0 bridgehead atoms. The van der Waals surface area contributed by atoms with Gasteiger partial charge in [-0.15, -0.1) is 0 Å². The maximum Gasteiger partial charge on any atom is 0.183 e. The number of aromatic hydroxyl groups is 1. The lowest BCUT2D eigenvalue weighted by Gasteiger charge is -1.95. The van der Waals surface area contributed by atoms with Gasteiger partial charge in [-0.2, -0.15) is 0 Å². The van der Waals surface area contributed by atoms with Crippen molar-refractivity contribution in [1.82, 2.24) is 5.16 Å². The van der Waals surface area contributed by atoms with E-state index < -0.39 is 0 Å². The minimum atomic E-state index is 0.0299. The molecule has 0 aliphatic rings. The lowest BCUT2D eigenvalue weighted by molar-refractivity contribution is 0.408. The molecule has 2 rings (SSSR count). The molecule has 2 aromatic rings. The van der Waals surface area contributed by atoms with E-state index in [-0.39, 0.29) is 5.75 Å². The van der Waals surface area contributed by atoms with Gasteiger partial charge in [-0.25, -0.2) is 0 Å². The van der Waals surface area contributed by atoms with Crippen LogP contribution in [0.25, 0.3) is 11.3 Å². The summed E-state index contributed by atoms with van der Waals surface area (Å²) in [5, 5.41) is 13.6. The molecule has 1 heterocycles. The molecule has 0 unspecified atom stereocenters. The molecule has 0 saturated carbocycles. The molecule has 0 spiro atoms. The average Bonchev–Trinajstić information content (AvgIpc) is 2.53. The molecular weight excluding hydrogens is 190 g/mol. The van der Waals surface area contributed by atoms with E-state index >= 15 is 0 Å². The standard InChI is InChI=1S/C9H6ClNO2/c10-7-3-1-6(2-4-7)9-8(12)5-13-11-9/h1-5,12H. The molecular formula is C9H6ClNO2. The largest absolute Gasteiger partial charge is 0.503 e. The second-order valence-electron chi connectivity index (χ2n) is 2.56. The van der Waals surface area contributed by atoms with E-state index in [4.69, 9.17) is 11.6 Å². The molecule has 0 radical (unpaired) electrons. The van der Waals surface area contributed by atoms with E-state index in [0.717, 1.165) is 5.56 Å². The molecule has 3 nitrogen and oxygen atoms in total. The second-order valence-corrected chi connectivity index (χ2v) is 2.99. The summed E-state index contributed by atoms with van der Waals surface area (Å²) in [4.78, 5) is 0. The zero-order valence-corrected chi connectivity index (χ0v) is 7.32. The third kappa shape index (κ3) is 1.51. The number of hydrogen-bond acceptors (Lipinski definition) is 3. The highest BCUT2D eigenvalue weighted by molar-refractivity contribution is 6.30. The first-order valence-corrected chi connectivity index (χ1v) is 4.04. The van der Waals surface area contributed by atoms with E-state index in [1.54, 1.807) is 24.3 Å². The Morgan fingerprint density at radius 2 is 1.92 bits per heavy atom. The van der Waals surface area contributed by atoms with Gasteiger partial charge in [0.15, 0.2) is 17.7 Å². The van der Waals surface area contributed by atoms with E-state index in [0.29, 0.717) is 10.7 Å². The fourth-order valence-electron chi connectivity index (χ4n) is 1.04. The molecule has 0 atom stereocenters. The number of aromatic nitrogens is 1. The summed E-state index contributed by atoms with van der Waals surface area (Å²) in [7, 11) is 0. The minimum Gasteiger partial charge on any atom is -0.503 e. The third-order valence-corrected chi connectivity index (χ3v) is 1.92. The maximum atomic E-state index is 9.28. The van der Waals surface area contributed by atoms with Crippen molar-refractivity contribution in [3.8, 4) is 17.0 Å². The monoisotopic (exact) mass is 195 g/mol. The normalized spacial score (nSPS) is 10.2. The lowest BCUT2D eigenvalue weighted by Crippen LogP contribution is -1.76. The number of hydrogen-bond donors (Lipinski definition) is 1. The topological polar surface area (TPSA) is 46.3 Å². The van der Waals surface area contributed by atoms with Gasteiger partial charge in [0.2, 0.25) is 0 Å². The number of halogens is 1. The van der Waals surface area contributed by atoms with Crippen molar-refractivity contribution in [1.29, 1.82) is 0 Å². The molecule has 0 saturated heterocycles. The highest BCUT2D eigenvalue weighted by Crippen LogP contribution is 2.27. The van der Waals surface area contributed by atoms with Crippen molar-refractivity contribution in [3.05, 3.63) is 35.6 Å².